The molecule has 4 bridgehead atoms. The molecule has 2 nitrogen and oxygen atoms in total. The fraction of sp³-hybridized carbons (Fsp3) is 0.588. The summed E-state index contributed by atoms with van der Waals surface area (Å²) in [6, 6.07) is 3.67. The Labute approximate surface area is 122 Å². The van der Waals surface area contributed by atoms with Crippen LogP contribution in [0.4, 0.5) is 14.5 Å². The second-order valence-corrected chi connectivity index (χ2v) is 7.25. The largest absolute Gasteiger partial charge is 0.321 e. The average molecular weight is 291 g/mol. The second kappa shape index (κ2) is 4.52. The minimum atomic E-state index is -0.701. The summed E-state index contributed by atoms with van der Waals surface area (Å²) < 4.78 is 27.5. The van der Waals surface area contributed by atoms with Crippen LogP contribution < -0.4 is 5.32 Å². The maximum absolute atomic E-state index is 13.7. The van der Waals surface area contributed by atoms with Gasteiger partial charge in [0.15, 0.2) is 0 Å². The van der Waals surface area contributed by atoms with Crippen LogP contribution in [0.3, 0.4) is 0 Å². The number of carbonyl (C=O) groups excluding carboxylic acids is 1. The molecule has 4 fully saturated rings. The minimum absolute atomic E-state index is 0.175. The van der Waals surface area contributed by atoms with Gasteiger partial charge in [0.05, 0.1) is 5.41 Å². The molecule has 1 amide bonds. The molecular formula is C17H19F2NO. The Morgan fingerprint density at radius 2 is 1.48 bits per heavy atom. The smallest absolute Gasteiger partial charge is 0.230 e. The van der Waals surface area contributed by atoms with Crippen molar-refractivity contribution in [3.63, 3.8) is 0 Å². The van der Waals surface area contributed by atoms with Gasteiger partial charge >= 0.3 is 0 Å². The Morgan fingerprint density at radius 1 is 1.00 bits per heavy atom. The van der Waals surface area contributed by atoms with E-state index in [0.29, 0.717) is 17.8 Å². The first-order valence-electron chi connectivity index (χ1n) is 7.81. The van der Waals surface area contributed by atoms with Crippen molar-refractivity contribution in [2.24, 2.45) is 23.2 Å². The Morgan fingerprint density at radius 3 is 1.95 bits per heavy atom. The summed E-state index contributed by atoms with van der Waals surface area (Å²) in [7, 11) is 0. The number of hydrogen-bond donors (Lipinski definition) is 1. The monoisotopic (exact) mass is 291 g/mol. The Bertz CT molecular complexity index is 543. The maximum atomic E-state index is 13.7. The number of hydrogen-bond acceptors (Lipinski definition) is 1. The lowest BCUT2D eigenvalue weighted by Gasteiger charge is -2.55. The third-order valence-corrected chi connectivity index (χ3v) is 5.72. The van der Waals surface area contributed by atoms with Crippen LogP contribution in [0, 0.1) is 34.8 Å². The van der Waals surface area contributed by atoms with Crippen molar-refractivity contribution in [3.05, 3.63) is 29.8 Å². The number of para-hydroxylation sites is 1. The zero-order chi connectivity index (χ0) is 14.6. The summed E-state index contributed by atoms with van der Waals surface area (Å²) in [4.78, 5) is 12.7. The Balaban J connectivity index is 1.60. The molecule has 4 saturated carbocycles. The molecule has 4 aliphatic carbocycles. The molecule has 0 heterocycles. The van der Waals surface area contributed by atoms with Gasteiger partial charge in [0.1, 0.15) is 17.3 Å². The van der Waals surface area contributed by atoms with Crippen molar-refractivity contribution in [1.82, 2.24) is 0 Å². The number of rotatable bonds is 2. The van der Waals surface area contributed by atoms with Crippen LogP contribution in [0.1, 0.15) is 38.5 Å². The zero-order valence-electron chi connectivity index (χ0n) is 11.9. The van der Waals surface area contributed by atoms with Crippen molar-refractivity contribution in [2.45, 2.75) is 38.5 Å². The lowest BCUT2D eigenvalue weighted by molar-refractivity contribution is -0.140. The van der Waals surface area contributed by atoms with E-state index in [1.54, 1.807) is 0 Å². The van der Waals surface area contributed by atoms with E-state index in [0.717, 1.165) is 19.3 Å². The third kappa shape index (κ3) is 2.07. The molecule has 1 aromatic carbocycles. The summed E-state index contributed by atoms with van der Waals surface area (Å²) >= 11 is 0. The van der Waals surface area contributed by atoms with Crippen molar-refractivity contribution >= 4 is 11.6 Å². The van der Waals surface area contributed by atoms with Crippen LogP contribution in [-0.2, 0) is 4.79 Å². The molecule has 0 aliphatic heterocycles. The van der Waals surface area contributed by atoms with Gasteiger partial charge < -0.3 is 5.32 Å². The molecule has 0 spiro atoms. The number of benzene rings is 1. The third-order valence-electron chi connectivity index (χ3n) is 5.72. The molecule has 4 aliphatic rings. The van der Waals surface area contributed by atoms with E-state index in [4.69, 9.17) is 0 Å². The summed E-state index contributed by atoms with van der Waals surface area (Å²) in [5, 5.41) is 2.55. The topological polar surface area (TPSA) is 29.1 Å². The molecule has 4 heteroatoms. The highest BCUT2D eigenvalue weighted by Crippen LogP contribution is 2.60. The molecule has 0 aromatic heterocycles. The van der Waals surface area contributed by atoms with E-state index in [-0.39, 0.29) is 17.0 Å². The molecule has 0 unspecified atom stereocenters. The standard InChI is InChI=1S/C17H19F2NO/c18-13-2-1-3-14(19)15(13)20-16(21)17-7-10-4-11(8-17)6-12(5-10)9-17/h1-3,10-12H,4-9H2,(H,20,21). The van der Waals surface area contributed by atoms with E-state index >= 15 is 0 Å². The SMILES string of the molecule is O=C(Nc1c(F)cccc1F)C12CC3CC(CC(C3)C1)C2. The van der Waals surface area contributed by atoms with Gasteiger partial charge in [-0.1, -0.05) is 6.07 Å². The predicted octanol–water partition coefficient (Wildman–Crippen LogP) is 4.12. The molecule has 1 N–H and O–H groups in total. The molecule has 21 heavy (non-hydrogen) atoms. The van der Waals surface area contributed by atoms with Gasteiger partial charge in [-0.3, -0.25) is 4.79 Å². The van der Waals surface area contributed by atoms with Crippen molar-refractivity contribution < 1.29 is 13.6 Å². The maximum Gasteiger partial charge on any atom is 0.230 e. The van der Waals surface area contributed by atoms with E-state index in [9.17, 15) is 13.6 Å². The highest BCUT2D eigenvalue weighted by atomic mass is 19.1. The van der Waals surface area contributed by atoms with Crippen LogP contribution in [0.15, 0.2) is 18.2 Å². The number of nitrogens with one attached hydrogen (secondary N) is 1. The van der Waals surface area contributed by atoms with Crippen LogP contribution in [-0.4, -0.2) is 5.91 Å². The molecule has 112 valence electrons. The molecule has 5 rings (SSSR count). The van der Waals surface area contributed by atoms with Gasteiger partial charge in [-0.2, -0.15) is 0 Å². The van der Waals surface area contributed by atoms with E-state index < -0.39 is 11.6 Å². The van der Waals surface area contributed by atoms with Crippen molar-refractivity contribution in [1.29, 1.82) is 0 Å². The number of halogens is 2. The van der Waals surface area contributed by atoms with E-state index in [2.05, 4.69) is 5.32 Å². The van der Waals surface area contributed by atoms with E-state index in [1.807, 2.05) is 0 Å². The minimum Gasteiger partial charge on any atom is -0.321 e. The van der Waals surface area contributed by atoms with Gasteiger partial charge in [0.25, 0.3) is 0 Å². The summed E-state index contributed by atoms with van der Waals surface area (Å²) in [6.07, 6.45) is 6.38. The number of amides is 1. The highest BCUT2D eigenvalue weighted by Gasteiger charge is 2.54. The fourth-order valence-electron chi connectivity index (χ4n) is 5.25. The Kier molecular flexibility index (Phi) is 2.85. The molecule has 0 radical (unpaired) electrons. The van der Waals surface area contributed by atoms with Crippen LogP contribution in [0.25, 0.3) is 0 Å². The quantitative estimate of drug-likeness (QED) is 0.872. The van der Waals surface area contributed by atoms with Gasteiger partial charge in [0.2, 0.25) is 5.91 Å². The summed E-state index contributed by atoms with van der Waals surface area (Å²) in [5.41, 5.74) is -0.679. The molecule has 0 atom stereocenters. The summed E-state index contributed by atoms with van der Waals surface area (Å²) in [6.45, 7) is 0. The lowest BCUT2D eigenvalue weighted by Crippen LogP contribution is -2.51. The van der Waals surface area contributed by atoms with Gasteiger partial charge in [-0.25, -0.2) is 8.78 Å². The van der Waals surface area contributed by atoms with Gasteiger partial charge in [-0.05, 0) is 68.4 Å². The van der Waals surface area contributed by atoms with E-state index in [1.165, 1.54) is 37.5 Å². The van der Waals surface area contributed by atoms with Crippen LogP contribution in [0.5, 0.6) is 0 Å². The average Bonchev–Trinajstić information content (AvgIpc) is 2.41. The molecule has 0 saturated heterocycles. The number of carbonyl (C=O) groups is 1. The Hall–Kier alpha value is -1.45. The normalized spacial score (nSPS) is 36.8. The first kappa shape index (κ1) is 13.2. The van der Waals surface area contributed by atoms with Crippen LogP contribution >= 0.6 is 0 Å². The highest BCUT2D eigenvalue weighted by molar-refractivity contribution is 5.95. The molecular weight excluding hydrogens is 272 g/mol. The predicted molar refractivity (Wildman–Crippen MR) is 75.6 cm³/mol. The van der Waals surface area contributed by atoms with Crippen LogP contribution in [0.2, 0.25) is 0 Å². The lowest BCUT2D eigenvalue weighted by atomic mass is 9.49. The van der Waals surface area contributed by atoms with Gasteiger partial charge in [0, 0.05) is 0 Å². The second-order valence-electron chi connectivity index (χ2n) is 7.25. The summed E-state index contributed by atoms with van der Waals surface area (Å²) in [5.74, 6) is 0.319. The van der Waals surface area contributed by atoms with Gasteiger partial charge in [-0.15, -0.1) is 0 Å². The zero-order valence-corrected chi connectivity index (χ0v) is 11.9. The number of anilines is 1. The fourth-order valence-corrected chi connectivity index (χ4v) is 5.25. The molecule has 1 aromatic rings. The van der Waals surface area contributed by atoms with Crippen molar-refractivity contribution in [3.8, 4) is 0 Å². The first-order chi connectivity index (χ1) is 10.1. The first-order valence-corrected chi connectivity index (χ1v) is 7.81. The van der Waals surface area contributed by atoms with Crippen molar-refractivity contribution in [2.75, 3.05) is 5.32 Å².